The molecule has 1 aliphatic rings. The summed E-state index contributed by atoms with van der Waals surface area (Å²) in [5.41, 5.74) is 0.455. The molecule has 0 bridgehead atoms. The normalized spacial score (nSPS) is 17.2. The first kappa shape index (κ1) is 22.4. The number of fused-ring (bicyclic) bond motifs is 1. The van der Waals surface area contributed by atoms with Crippen molar-refractivity contribution in [1.82, 2.24) is 18.8 Å². The lowest BCUT2D eigenvalue weighted by Gasteiger charge is -2.37. The third-order valence-corrected chi connectivity index (χ3v) is 8.39. The summed E-state index contributed by atoms with van der Waals surface area (Å²) >= 11 is 9.36. The first-order valence-corrected chi connectivity index (χ1v) is 12.5. The molecular weight excluding hydrogens is 504 g/mol. The monoisotopic (exact) mass is 524 g/mol. The van der Waals surface area contributed by atoms with Crippen molar-refractivity contribution in [2.75, 3.05) is 26.2 Å². The van der Waals surface area contributed by atoms with Crippen molar-refractivity contribution < 1.29 is 8.42 Å². The summed E-state index contributed by atoms with van der Waals surface area (Å²) in [5, 5.41) is 0.978. The summed E-state index contributed by atoms with van der Waals surface area (Å²) in [6.07, 6.45) is 0. The average molecular weight is 526 g/mol. The topological polar surface area (TPSA) is 75.5 Å². The highest BCUT2D eigenvalue weighted by Crippen LogP contribution is 2.25. The maximum absolute atomic E-state index is 12.9. The molecule has 0 radical (unpaired) electrons. The van der Waals surface area contributed by atoms with Gasteiger partial charge in [-0.1, -0.05) is 27.5 Å². The number of rotatable bonds is 4. The number of aromatic nitrogens is 2. The van der Waals surface area contributed by atoms with Gasteiger partial charge in [0.2, 0.25) is 10.0 Å². The van der Waals surface area contributed by atoms with E-state index in [2.05, 4.69) is 20.8 Å². The van der Waals surface area contributed by atoms with E-state index in [1.807, 2.05) is 6.92 Å². The molecule has 10 heteroatoms. The lowest BCUT2D eigenvalue weighted by Crippen LogP contribution is -2.49. The number of halogens is 2. The quantitative estimate of drug-likeness (QED) is 0.522. The molecule has 7 nitrogen and oxygen atoms in total. The molecule has 1 aromatic heterocycles. The van der Waals surface area contributed by atoms with Crippen LogP contribution in [0.25, 0.3) is 10.9 Å². The number of sulfonamides is 1. The molecule has 0 amide bonds. The summed E-state index contributed by atoms with van der Waals surface area (Å²) < 4.78 is 29.8. The van der Waals surface area contributed by atoms with E-state index in [4.69, 9.17) is 16.6 Å². The Morgan fingerprint density at radius 3 is 2.35 bits per heavy atom. The summed E-state index contributed by atoms with van der Waals surface area (Å²) in [6.45, 7) is 3.83. The lowest BCUT2D eigenvalue weighted by molar-refractivity contribution is 0.139. The predicted molar refractivity (Wildman–Crippen MR) is 125 cm³/mol. The van der Waals surface area contributed by atoms with Crippen molar-refractivity contribution in [2.45, 2.75) is 17.9 Å². The summed E-state index contributed by atoms with van der Waals surface area (Å²) in [4.78, 5) is 19.9. The van der Waals surface area contributed by atoms with E-state index in [-0.39, 0.29) is 16.5 Å². The zero-order valence-electron chi connectivity index (χ0n) is 17.1. The summed E-state index contributed by atoms with van der Waals surface area (Å²) in [6, 6.07) is 11.6. The van der Waals surface area contributed by atoms with Crippen LogP contribution in [-0.4, -0.2) is 53.4 Å². The number of benzene rings is 2. The third-order valence-electron chi connectivity index (χ3n) is 5.72. The second-order valence-electron chi connectivity index (χ2n) is 7.57. The van der Waals surface area contributed by atoms with Crippen LogP contribution in [0.4, 0.5) is 0 Å². The van der Waals surface area contributed by atoms with Gasteiger partial charge in [0.15, 0.2) is 0 Å². The van der Waals surface area contributed by atoms with Gasteiger partial charge in [-0.3, -0.25) is 14.3 Å². The number of hydrogen-bond donors (Lipinski definition) is 0. The van der Waals surface area contributed by atoms with E-state index < -0.39 is 10.0 Å². The Morgan fingerprint density at radius 1 is 1.06 bits per heavy atom. The van der Waals surface area contributed by atoms with Gasteiger partial charge < -0.3 is 0 Å². The smallest absolute Gasteiger partial charge is 0.261 e. The molecule has 2 aromatic carbocycles. The van der Waals surface area contributed by atoms with E-state index in [9.17, 15) is 13.2 Å². The third kappa shape index (κ3) is 4.29. The highest BCUT2D eigenvalue weighted by atomic mass is 79.9. The Bertz CT molecular complexity index is 1290. The minimum Gasteiger partial charge on any atom is -0.298 e. The number of nitrogens with zero attached hydrogens (tertiary/aromatic N) is 4. The van der Waals surface area contributed by atoms with E-state index in [1.165, 1.54) is 4.31 Å². The Balaban J connectivity index is 1.54. The fraction of sp³-hybridized carbons (Fsp3) is 0.333. The van der Waals surface area contributed by atoms with Crippen LogP contribution in [0.3, 0.4) is 0 Å². The van der Waals surface area contributed by atoms with Crippen LogP contribution < -0.4 is 5.56 Å². The molecule has 0 N–H and O–H groups in total. The predicted octanol–water partition coefficient (Wildman–Crippen LogP) is 3.42. The Hall–Kier alpha value is -1.78. The van der Waals surface area contributed by atoms with Crippen LogP contribution >= 0.6 is 27.5 Å². The molecule has 1 unspecified atom stereocenters. The molecule has 3 aromatic rings. The van der Waals surface area contributed by atoms with Crippen molar-refractivity contribution in [3.05, 3.63) is 68.1 Å². The second-order valence-corrected chi connectivity index (χ2v) is 10.9. The molecule has 1 fully saturated rings. The highest BCUT2D eigenvalue weighted by molar-refractivity contribution is 9.10. The molecule has 2 heterocycles. The van der Waals surface area contributed by atoms with E-state index in [0.29, 0.717) is 47.9 Å². The van der Waals surface area contributed by atoms with Gasteiger partial charge >= 0.3 is 0 Å². The molecular formula is C21H22BrClN4O3S. The Labute approximate surface area is 194 Å². The second kappa shape index (κ2) is 8.63. The zero-order valence-corrected chi connectivity index (χ0v) is 20.3. The van der Waals surface area contributed by atoms with Crippen molar-refractivity contribution in [3.8, 4) is 0 Å². The minimum atomic E-state index is -3.54. The highest BCUT2D eigenvalue weighted by Gasteiger charge is 2.31. The summed E-state index contributed by atoms with van der Waals surface area (Å²) in [5.74, 6) is 0.643. The largest absolute Gasteiger partial charge is 0.298 e. The standard InChI is InChI=1S/C21H22BrClN4O3S/c1-14(20-24-19-8-5-16(23)13-18(19)21(28)25(20)2)26-9-11-27(12-10-26)31(29,30)17-6-3-15(22)4-7-17/h3-8,13-14H,9-12H2,1-2H3. The van der Waals surface area contributed by atoms with E-state index in [1.54, 1.807) is 54.1 Å². The molecule has 0 aliphatic carbocycles. The zero-order chi connectivity index (χ0) is 22.3. The van der Waals surface area contributed by atoms with Crippen LogP contribution in [0.2, 0.25) is 5.02 Å². The van der Waals surface area contributed by atoms with Crippen LogP contribution in [0.1, 0.15) is 18.8 Å². The molecule has 0 spiro atoms. The first-order chi connectivity index (χ1) is 14.7. The van der Waals surface area contributed by atoms with E-state index in [0.717, 1.165) is 4.47 Å². The van der Waals surface area contributed by atoms with Gasteiger partial charge in [0.25, 0.3) is 5.56 Å². The van der Waals surface area contributed by atoms with Gasteiger partial charge in [-0.25, -0.2) is 13.4 Å². The van der Waals surface area contributed by atoms with Gasteiger partial charge in [0.1, 0.15) is 5.82 Å². The molecule has 1 atom stereocenters. The Kier molecular flexibility index (Phi) is 6.24. The van der Waals surface area contributed by atoms with Crippen LogP contribution in [0.15, 0.2) is 56.6 Å². The number of hydrogen-bond acceptors (Lipinski definition) is 5. The van der Waals surface area contributed by atoms with Crippen LogP contribution in [0.5, 0.6) is 0 Å². The first-order valence-electron chi connectivity index (χ1n) is 9.84. The van der Waals surface area contributed by atoms with Gasteiger partial charge in [-0.15, -0.1) is 0 Å². The molecule has 4 rings (SSSR count). The minimum absolute atomic E-state index is 0.143. The van der Waals surface area contributed by atoms with Crippen molar-refractivity contribution >= 4 is 48.5 Å². The SMILES string of the molecule is CC(c1nc2ccc(Cl)cc2c(=O)n1C)N1CCN(S(=O)(=O)c2ccc(Br)cc2)CC1. The molecule has 1 saturated heterocycles. The fourth-order valence-corrected chi connectivity index (χ4v) is 5.74. The molecule has 1 aliphatic heterocycles. The average Bonchev–Trinajstić information content (AvgIpc) is 2.76. The van der Waals surface area contributed by atoms with Crippen molar-refractivity contribution in [1.29, 1.82) is 0 Å². The van der Waals surface area contributed by atoms with Crippen LogP contribution in [-0.2, 0) is 17.1 Å². The molecule has 164 valence electrons. The summed E-state index contributed by atoms with van der Waals surface area (Å²) in [7, 11) is -1.83. The van der Waals surface area contributed by atoms with Gasteiger partial charge in [-0.2, -0.15) is 4.31 Å². The van der Waals surface area contributed by atoms with Gasteiger partial charge in [0.05, 0.1) is 21.8 Å². The van der Waals surface area contributed by atoms with E-state index >= 15 is 0 Å². The maximum atomic E-state index is 12.9. The fourth-order valence-electron chi connectivity index (χ4n) is 3.88. The number of piperazine rings is 1. The maximum Gasteiger partial charge on any atom is 0.261 e. The lowest BCUT2D eigenvalue weighted by atomic mass is 10.2. The van der Waals surface area contributed by atoms with Crippen LogP contribution in [0, 0.1) is 0 Å². The molecule has 31 heavy (non-hydrogen) atoms. The molecule has 0 saturated carbocycles. The van der Waals surface area contributed by atoms with Gasteiger partial charge in [-0.05, 0) is 49.4 Å². The van der Waals surface area contributed by atoms with Crippen molar-refractivity contribution in [2.24, 2.45) is 7.05 Å². The Morgan fingerprint density at radius 2 is 1.71 bits per heavy atom. The van der Waals surface area contributed by atoms with Gasteiger partial charge in [0, 0.05) is 42.7 Å². The van der Waals surface area contributed by atoms with Crippen molar-refractivity contribution in [3.63, 3.8) is 0 Å².